The molecule has 0 radical (unpaired) electrons. The SMILES string of the molecule is COCCNCCN(C)c1ccc(C(F)(F)F)cc1. The van der Waals surface area contributed by atoms with Gasteiger partial charge in [-0.1, -0.05) is 0 Å². The number of ether oxygens (including phenoxy) is 1. The van der Waals surface area contributed by atoms with Crippen molar-refractivity contribution in [3.8, 4) is 0 Å². The molecule has 0 aliphatic rings. The van der Waals surface area contributed by atoms with Crippen molar-refractivity contribution in [3.05, 3.63) is 29.8 Å². The molecule has 0 bridgehead atoms. The molecule has 0 unspecified atom stereocenters. The molecule has 0 amide bonds. The van der Waals surface area contributed by atoms with Gasteiger partial charge in [-0.2, -0.15) is 13.2 Å². The number of hydrogen-bond acceptors (Lipinski definition) is 3. The molecule has 3 nitrogen and oxygen atoms in total. The molecule has 1 rings (SSSR count). The van der Waals surface area contributed by atoms with Gasteiger partial charge >= 0.3 is 6.18 Å². The number of halogens is 3. The Morgan fingerprint density at radius 2 is 1.79 bits per heavy atom. The quantitative estimate of drug-likeness (QED) is 0.774. The molecular weight excluding hydrogens is 257 g/mol. The third-order valence-electron chi connectivity index (χ3n) is 2.74. The van der Waals surface area contributed by atoms with E-state index < -0.39 is 11.7 Å². The number of nitrogens with one attached hydrogen (secondary N) is 1. The van der Waals surface area contributed by atoms with E-state index >= 15 is 0 Å². The van der Waals surface area contributed by atoms with Crippen LogP contribution >= 0.6 is 0 Å². The summed E-state index contributed by atoms with van der Waals surface area (Å²) in [6.07, 6.45) is -4.28. The Morgan fingerprint density at radius 1 is 1.16 bits per heavy atom. The highest BCUT2D eigenvalue weighted by Crippen LogP contribution is 2.30. The van der Waals surface area contributed by atoms with Gasteiger partial charge in [0.2, 0.25) is 0 Å². The topological polar surface area (TPSA) is 24.5 Å². The van der Waals surface area contributed by atoms with E-state index in [1.165, 1.54) is 12.1 Å². The summed E-state index contributed by atoms with van der Waals surface area (Å²) in [5, 5.41) is 3.18. The van der Waals surface area contributed by atoms with E-state index in [0.717, 1.165) is 37.5 Å². The van der Waals surface area contributed by atoms with Crippen LogP contribution in [-0.4, -0.2) is 40.4 Å². The molecule has 1 aromatic carbocycles. The fraction of sp³-hybridized carbons (Fsp3) is 0.538. The number of alkyl halides is 3. The van der Waals surface area contributed by atoms with E-state index in [9.17, 15) is 13.2 Å². The van der Waals surface area contributed by atoms with E-state index in [1.807, 2.05) is 11.9 Å². The maximum absolute atomic E-state index is 12.4. The van der Waals surface area contributed by atoms with Crippen LogP contribution in [0.1, 0.15) is 5.56 Å². The zero-order valence-corrected chi connectivity index (χ0v) is 11.1. The van der Waals surface area contributed by atoms with Crippen molar-refractivity contribution in [2.75, 3.05) is 45.3 Å². The van der Waals surface area contributed by atoms with Gasteiger partial charge in [0.1, 0.15) is 0 Å². The number of nitrogens with zero attached hydrogens (tertiary/aromatic N) is 1. The molecular formula is C13H19F3N2O. The monoisotopic (exact) mass is 276 g/mol. The summed E-state index contributed by atoms with van der Waals surface area (Å²) in [4.78, 5) is 1.90. The zero-order chi connectivity index (χ0) is 14.3. The first-order valence-electron chi connectivity index (χ1n) is 6.03. The zero-order valence-electron chi connectivity index (χ0n) is 11.1. The highest BCUT2D eigenvalue weighted by Gasteiger charge is 2.29. The van der Waals surface area contributed by atoms with Crippen molar-refractivity contribution in [1.82, 2.24) is 5.32 Å². The van der Waals surface area contributed by atoms with Gasteiger partial charge in [-0.3, -0.25) is 0 Å². The molecule has 0 spiro atoms. The molecule has 108 valence electrons. The van der Waals surface area contributed by atoms with Crippen LogP contribution in [0.15, 0.2) is 24.3 Å². The second kappa shape index (κ2) is 7.35. The number of methoxy groups -OCH3 is 1. The number of hydrogen-bond donors (Lipinski definition) is 1. The lowest BCUT2D eigenvalue weighted by Crippen LogP contribution is -2.30. The molecule has 1 aromatic rings. The van der Waals surface area contributed by atoms with Crippen LogP contribution in [0.3, 0.4) is 0 Å². The minimum Gasteiger partial charge on any atom is -0.383 e. The molecule has 19 heavy (non-hydrogen) atoms. The maximum Gasteiger partial charge on any atom is 0.416 e. The molecule has 0 atom stereocenters. The van der Waals surface area contributed by atoms with Gasteiger partial charge in [0.15, 0.2) is 0 Å². The highest BCUT2D eigenvalue weighted by molar-refractivity contribution is 5.47. The first-order chi connectivity index (χ1) is 8.95. The standard InChI is InChI=1S/C13H19F3N2O/c1-18(9-7-17-8-10-19-2)12-5-3-11(4-6-12)13(14,15)16/h3-6,17H,7-10H2,1-2H3. The summed E-state index contributed by atoms with van der Waals surface area (Å²) in [7, 11) is 3.48. The second-order valence-electron chi connectivity index (χ2n) is 4.21. The Hall–Kier alpha value is -1.27. The molecule has 1 N–H and O–H groups in total. The van der Waals surface area contributed by atoms with Gasteiger partial charge in [0.05, 0.1) is 12.2 Å². The number of rotatable bonds is 7. The minimum absolute atomic E-state index is 0.622. The predicted molar refractivity (Wildman–Crippen MR) is 69.5 cm³/mol. The summed E-state index contributed by atoms with van der Waals surface area (Å²) < 4.78 is 42.1. The Bertz CT molecular complexity index is 365. The first-order valence-corrected chi connectivity index (χ1v) is 6.03. The van der Waals surface area contributed by atoms with Crippen LogP contribution in [0, 0.1) is 0 Å². The average molecular weight is 276 g/mol. The second-order valence-corrected chi connectivity index (χ2v) is 4.21. The van der Waals surface area contributed by atoms with Crippen LogP contribution in [0.5, 0.6) is 0 Å². The summed E-state index contributed by atoms with van der Waals surface area (Å²) in [5.41, 5.74) is 0.143. The first kappa shape index (κ1) is 15.8. The molecule has 6 heteroatoms. The molecule has 0 aliphatic carbocycles. The number of anilines is 1. The molecule has 0 saturated carbocycles. The summed E-state index contributed by atoms with van der Waals surface area (Å²) in [5.74, 6) is 0. The van der Waals surface area contributed by atoms with E-state index in [0.29, 0.717) is 6.61 Å². The fourth-order valence-corrected chi connectivity index (χ4v) is 1.58. The molecule has 0 heterocycles. The van der Waals surface area contributed by atoms with Crippen LogP contribution in [0.2, 0.25) is 0 Å². The smallest absolute Gasteiger partial charge is 0.383 e. The van der Waals surface area contributed by atoms with Crippen LogP contribution in [0.25, 0.3) is 0 Å². The van der Waals surface area contributed by atoms with Gasteiger partial charge in [-0.05, 0) is 24.3 Å². The summed E-state index contributed by atoms with van der Waals surface area (Å²) in [6.45, 7) is 2.87. The lowest BCUT2D eigenvalue weighted by molar-refractivity contribution is -0.137. The van der Waals surface area contributed by atoms with Gasteiger partial charge in [0.25, 0.3) is 0 Å². The van der Waals surface area contributed by atoms with E-state index in [-0.39, 0.29) is 0 Å². The van der Waals surface area contributed by atoms with Gasteiger partial charge in [-0.25, -0.2) is 0 Å². The molecule has 0 aliphatic heterocycles. The highest BCUT2D eigenvalue weighted by atomic mass is 19.4. The number of likely N-dealkylation sites (N-methyl/N-ethyl adjacent to an activating group) is 1. The minimum atomic E-state index is -4.28. The van der Waals surface area contributed by atoms with E-state index in [4.69, 9.17) is 4.74 Å². The number of benzene rings is 1. The van der Waals surface area contributed by atoms with E-state index in [1.54, 1.807) is 7.11 Å². The summed E-state index contributed by atoms with van der Waals surface area (Å²) in [6, 6.07) is 5.17. The van der Waals surface area contributed by atoms with Crippen LogP contribution in [-0.2, 0) is 10.9 Å². The van der Waals surface area contributed by atoms with Crippen molar-refractivity contribution < 1.29 is 17.9 Å². The molecule has 0 saturated heterocycles. The average Bonchev–Trinajstić information content (AvgIpc) is 2.37. The summed E-state index contributed by atoms with van der Waals surface area (Å²) >= 11 is 0. The predicted octanol–water partition coefficient (Wildman–Crippen LogP) is 2.38. The van der Waals surface area contributed by atoms with Crippen molar-refractivity contribution in [2.45, 2.75) is 6.18 Å². The Morgan fingerprint density at radius 3 is 2.32 bits per heavy atom. The van der Waals surface area contributed by atoms with Gasteiger partial charge in [0, 0.05) is 39.5 Å². The van der Waals surface area contributed by atoms with Gasteiger partial charge < -0.3 is 15.0 Å². The van der Waals surface area contributed by atoms with Crippen molar-refractivity contribution >= 4 is 5.69 Å². The molecule has 0 aromatic heterocycles. The maximum atomic E-state index is 12.4. The normalized spacial score (nSPS) is 11.6. The van der Waals surface area contributed by atoms with Crippen molar-refractivity contribution in [1.29, 1.82) is 0 Å². The lowest BCUT2D eigenvalue weighted by atomic mass is 10.2. The third kappa shape index (κ3) is 5.48. The molecule has 0 fully saturated rings. The van der Waals surface area contributed by atoms with Crippen LogP contribution < -0.4 is 10.2 Å². The third-order valence-corrected chi connectivity index (χ3v) is 2.74. The van der Waals surface area contributed by atoms with Crippen molar-refractivity contribution in [2.24, 2.45) is 0 Å². The van der Waals surface area contributed by atoms with E-state index in [2.05, 4.69) is 5.32 Å². The Kier molecular flexibility index (Phi) is 6.11. The largest absolute Gasteiger partial charge is 0.416 e. The van der Waals surface area contributed by atoms with Gasteiger partial charge in [-0.15, -0.1) is 0 Å². The Labute approximate surface area is 111 Å². The fourth-order valence-electron chi connectivity index (χ4n) is 1.58. The van der Waals surface area contributed by atoms with Crippen molar-refractivity contribution in [3.63, 3.8) is 0 Å². The lowest BCUT2D eigenvalue weighted by Gasteiger charge is -2.20. The van der Waals surface area contributed by atoms with Crippen LogP contribution in [0.4, 0.5) is 18.9 Å². The Balaban J connectivity index is 2.42.